The van der Waals surface area contributed by atoms with Crippen molar-refractivity contribution < 1.29 is 14.6 Å². The predicted octanol–water partition coefficient (Wildman–Crippen LogP) is 1.71. The predicted molar refractivity (Wildman–Crippen MR) is 62.8 cm³/mol. The number of aliphatic hydroxyl groups is 1. The molecule has 3 unspecified atom stereocenters. The first kappa shape index (κ1) is 10.6. The van der Waals surface area contributed by atoms with Crippen molar-refractivity contribution in [1.29, 1.82) is 0 Å². The molecule has 1 fully saturated rings. The zero-order chi connectivity index (χ0) is 12.0. The Labute approximate surface area is 99.6 Å². The summed E-state index contributed by atoms with van der Waals surface area (Å²) in [5.74, 6) is 1.47. The molecule has 1 aliphatic carbocycles. The first-order valence-electron chi connectivity index (χ1n) is 5.90. The molecule has 4 heteroatoms. The van der Waals surface area contributed by atoms with Crippen molar-refractivity contribution in [2.75, 3.05) is 11.9 Å². The fourth-order valence-electron chi connectivity index (χ4n) is 2.32. The molecule has 90 valence electrons. The third kappa shape index (κ3) is 1.89. The van der Waals surface area contributed by atoms with Crippen LogP contribution in [0.3, 0.4) is 0 Å². The molecule has 2 N–H and O–H groups in total. The van der Waals surface area contributed by atoms with Gasteiger partial charge in [0.25, 0.3) is 5.91 Å². The molecule has 1 amide bonds. The lowest BCUT2D eigenvalue weighted by atomic mass is 10.0. The molecule has 0 aromatic heterocycles. The summed E-state index contributed by atoms with van der Waals surface area (Å²) in [6.45, 7) is 2.20. The lowest BCUT2D eigenvalue weighted by molar-refractivity contribution is -0.118. The van der Waals surface area contributed by atoms with Gasteiger partial charge in [0.1, 0.15) is 5.75 Å². The van der Waals surface area contributed by atoms with Gasteiger partial charge < -0.3 is 15.2 Å². The molecule has 17 heavy (non-hydrogen) atoms. The second-order valence-electron chi connectivity index (χ2n) is 4.91. The van der Waals surface area contributed by atoms with E-state index in [0.717, 1.165) is 12.0 Å². The van der Waals surface area contributed by atoms with E-state index in [1.54, 1.807) is 6.07 Å². The average Bonchev–Trinajstić information content (AvgIpc) is 3.04. The molecule has 3 rings (SSSR count). The van der Waals surface area contributed by atoms with E-state index in [9.17, 15) is 9.90 Å². The fourth-order valence-corrected chi connectivity index (χ4v) is 2.32. The Morgan fingerprint density at radius 1 is 1.53 bits per heavy atom. The van der Waals surface area contributed by atoms with Crippen LogP contribution < -0.4 is 10.1 Å². The van der Waals surface area contributed by atoms with Crippen LogP contribution >= 0.6 is 0 Å². The van der Waals surface area contributed by atoms with Gasteiger partial charge >= 0.3 is 0 Å². The van der Waals surface area contributed by atoms with Crippen LogP contribution in [0.5, 0.6) is 5.75 Å². The van der Waals surface area contributed by atoms with Gasteiger partial charge in [0.05, 0.1) is 11.8 Å². The van der Waals surface area contributed by atoms with Crippen LogP contribution in [0.4, 0.5) is 5.69 Å². The van der Waals surface area contributed by atoms with Crippen molar-refractivity contribution in [3.05, 3.63) is 23.8 Å². The second-order valence-corrected chi connectivity index (χ2v) is 4.91. The summed E-state index contributed by atoms with van der Waals surface area (Å²) in [6, 6.07) is 5.48. The lowest BCUT2D eigenvalue weighted by Gasteiger charge is -2.20. The van der Waals surface area contributed by atoms with Crippen molar-refractivity contribution in [1.82, 2.24) is 0 Å². The fraction of sp³-hybridized carbons (Fsp3) is 0.462. The molecule has 1 saturated carbocycles. The first-order valence-corrected chi connectivity index (χ1v) is 5.90. The van der Waals surface area contributed by atoms with Gasteiger partial charge in [0.15, 0.2) is 6.61 Å². The molecule has 1 heterocycles. The van der Waals surface area contributed by atoms with Crippen molar-refractivity contribution >= 4 is 11.6 Å². The number of hydrogen-bond donors (Lipinski definition) is 2. The summed E-state index contributed by atoms with van der Waals surface area (Å²) in [7, 11) is 0. The highest BCUT2D eigenvalue weighted by atomic mass is 16.5. The molecule has 4 nitrogen and oxygen atoms in total. The Hall–Kier alpha value is -1.55. The van der Waals surface area contributed by atoms with Crippen molar-refractivity contribution in [2.45, 2.75) is 19.4 Å². The first-order chi connectivity index (χ1) is 8.15. The summed E-state index contributed by atoms with van der Waals surface area (Å²) in [4.78, 5) is 11.2. The molecule has 2 aliphatic rings. The number of fused-ring (bicyclic) bond motifs is 1. The van der Waals surface area contributed by atoms with E-state index >= 15 is 0 Å². The van der Waals surface area contributed by atoms with Crippen LogP contribution in [0.1, 0.15) is 25.0 Å². The standard InChI is InChI=1S/C13H15NO3/c1-7-4-9(7)13(16)8-2-3-11-10(5-8)14-12(15)6-17-11/h2-3,5,7,9,13,16H,4,6H2,1H3,(H,14,15). The maximum absolute atomic E-state index is 11.2. The van der Waals surface area contributed by atoms with Gasteiger partial charge in [-0.3, -0.25) is 4.79 Å². The maximum atomic E-state index is 11.2. The van der Waals surface area contributed by atoms with Gasteiger partial charge in [0.2, 0.25) is 0 Å². The number of benzene rings is 1. The molecule has 1 aromatic carbocycles. The topological polar surface area (TPSA) is 58.6 Å². The number of amides is 1. The van der Waals surface area contributed by atoms with Crippen molar-refractivity contribution in [3.63, 3.8) is 0 Å². The number of rotatable bonds is 2. The molecule has 0 saturated heterocycles. The minimum absolute atomic E-state index is 0.0640. The number of anilines is 1. The SMILES string of the molecule is CC1CC1C(O)c1ccc2c(c1)NC(=O)CO2. The number of carbonyl (C=O) groups excluding carboxylic acids is 1. The number of hydrogen-bond acceptors (Lipinski definition) is 3. The zero-order valence-electron chi connectivity index (χ0n) is 9.64. The zero-order valence-corrected chi connectivity index (χ0v) is 9.64. The molecule has 0 spiro atoms. The number of ether oxygens (including phenoxy) is 1. The molecule has 0 radical (unpaired) electrons. The van der Waals surface area contributed by atoms with E-state index in [4.69, 9.17) is 4.74 Å². The van der Waals surface area contributed by atoms with E-state index in [1.807, 2.05) is 12.1 Å². The van der Waals surface area contributed by atoms with Crippen LogP contribution in [-0.2, 0) is 4.79 Å². The van der Waals surface area contributed by atoms with Crippen LogP contribution in [-0.4, -0.2) is 17.6 Å². The molecular weight excluding hydrogens is 218 g/mol. The number of aliphatic hydroxyl groups excluding tert-OH is 1. The van der Waals surface area contributed by atoms with Crippen LogP contribution in [0.25, 0.3) is 0 Å². The highest BCUT2D eigenvalue weighted by Gasteiger charge is 2.39. The summed E-state index contributed by atoms with van der Waals surface area (Å²) >= 11 is 0. The highest BCUT2D eigenvalue weighted by Crippen LogP contribution is 2.47. The van der Waals surface area contributed by atoms with Gasteiger partial charge in [-0.15, -0.1) is 0 Å². The largest absolute Gasteiger partial charge is 0.482 e. The summed E-state index contributed by atoms with van der Waals surface area (Å²) in [6.07, 6.45) is 0.635. The van der Waals surface area contributed by atoms with Crippen molar-refractivity contribution in [2.24, 2.45) is 11.8 Å². The Morgan fingerprint density at radius 2 is 2.29 bits per heavy atom. The molecule has 1 aromatic rings. The van der Waals surface area contributed by atoms with Gasteiger partial charge in [0, 0.05) is 0 Å². The molecular formula is C13H15NO3. The van der Waals surface area contributed by atoms with Gasteiger partial charge in [-0.1, -0.05) is 13.0 Å². The summed E-state index contributed by atoms with van der Waals surface area (Å²) < 4.78 is 5.27. The van der Waals surface area contributed by atoms with E-state index in [0.29, 0.717) is 23.3 Å². The van der Waals surface area contributed by atoms with E-state index < -0.39 is 6.10 Å². The van der Waals surface area contributed by atoms with E-state index in [2.05, 4.69) is 12.2 Å². The number of nitrogens with one attached hydrogen (secondary N) is 1. The monoisotopic (exact) mass is 233 g/mol. The highest BCUT2D eigenvalue weighted by molar-refractivity contribution is 5.95. The summed E-state index contributed by atoms with van der Waals surface area (Å²) in [5.41, 5.74) is 1.51. The minimum Gasteiger partial charge on any atom is -0.482 e. The Bertz CT molecular complexity index is 472. The van der Waals surface area contributed by atoms with Gasteiger partial charge in [-0.25, -0.2) is 0 Å². The van der Waals surface area contributed by atoms with E-state index in [1.165, 1.54) is 0 Å². The third-order valence-corrected chi connectivity index (χ3v) is 3.56. The average molecular weight is 233 g/mol. The number of carbonyl (C=O) groups is 1. The van der Waals surface area contributed by atoms with Gasteiger partial charge in [-0.2, -0.15) is 0 Å². The lowest BCUT2D eigenvalue weighted by Crippen LogP contribution is -2.25. The third-order valence-electron chi connectivity index (χ3n) is 3.56. The molecule has 0 bridgehead atoms. The summed E-state index contributed by atoms with van der Waals surface area (Å²) in [5, 5.41) is 12.9. The van der Waals surface area contributed by atoms with E-state index in [-0.39, 0.29) is 12.5 Å². The van der Waals surface area contributed by atoms with Crippen LogP contribution in [0.15, 0.2) is 18.2 Å². The quantitative estimate of drug-likeness (QED) is 0.817. The van der Waals surface area contributed by atoms with Crippen LogP contribution in [0.2, 0.25) is 0 Å². The smallest absolute Gasteiger partial charge is 0.262 e. The Kier molecular flexibility index (Phi) is 2.33. The molecule has 3 atom stereocenters. The van der Waals surface area contributed by atoms with Crippen molar-refractivity contribution in [3.8, 4) is 5.75 Å². The maximum Gasteiger partial charge on any atom is 0.262 e. The second kappa shape index (κ2) is 3.74. The minimum atomic E-state index is -0.436. The van der Waals surface area contributed by atoms with Gasteiger partial charge in [-0.05, 0) is 36.0 Å². The molecule has 1 aliphatic heterocycles. The normalized spacial score (nSPS) is 27.8. The Balaban J connectivity index is 1.87. The Morgan fingerprint density at radius 3 is 3.00 bits per heavy atom. The van der Waals surface area contributed by atoms with Crippen LogP contribution in [0, 0.1) is 11.8 Å².